The van der Waals surface area contributed by atoms with Crippen molar-refractivity contribution in [2.24, 2.45) is 0 Å². The number of aromatic nitrogens is 2. The zero-order chi connectivity index (χ0) is 15.4. The fourth-order valence-electron chi connectivity index (χ4n) is 2.98. The van der Waals surface area contributed by atoms with Gasteiger partial charge in [-0.05, 0) is 19.1 Å². The molecular weight excluding hydrogens is 300 g/mol. The van der Waals surface area contributed by atoms with Gasteiger partial charge in [-0.2, -0.15) is 11.8 Å². The second-order valence-electron chi connectivity index (χ2n) is 5.85. The highest BCUT2D eigenvalue weighted by atomic mass is 32.2. The van der Waals surface area contributed by atoms with Crippen LogP contribution in [0.2, 0.25) is 0 Å². The number of nitrogens with one attached hydrogen (secondary N) is 1. The van der Waals surface area contributed by atoms with E-state index in [2.05, 4.69) is 20.2 Å². The third kappa shape index (κ3) is 3.42. The summed E-state index contributed by atoms with van der Waals surface area (Å²) in [5, 5.41) is 3.06. The normalized spacial score (nSPS) is 26.0. The number of hydrogen-bond acceptors (Lipinski definition) is 6. The fraction of sp³-hybridized carbons (Fsp3) is 0.667. The molecule has 7 heteroatoms. The molecule has 0 unspecified atom stereocenters. The lowest BCUT2D eigenvalue weighted by Gasteiger charge is -2.43. The Morgan fingerprint density at radius 1 is 1.41 bits per heavy atom. The van der Waals surface area contributed by atoms with Crippen LogP contribution in [-0.4, -0.2) is 70.7 Å². The van der Waals surface area contributed by atoms with Crippen LogP contribution in [0.15, 0.2) is 12.4 Å². The summed E-state index contributed by atoms with van der Waals surface area (Å²) in [6, 6.07) is 0. The smallest absolute Gasteiger partial charge is 0.271 e. The molecule has 2 saturated heterocycles. The Labute approximate surface area is 135 Å². The van der Waals surface area contributed by atoms with Crippen molar-refractivity contribution in [2.45, 2.75) is 18.9 Å². The number of morpholine rings is 1. The van der Waals surface area contributed by atoms with E-state index in [1.165, 1.54) is 6.20 Å². The molecule has 120 valence electrons. The van der Waals surface area contributed by atoms with Crippen molar-refractivity contribution in [1.29, 1.82) is 0 Å². The molecule has 6 nitrogen and oxygen atoms in total. The van der Waals surface area contributed by atoms with E-state index in [-0.39, 0.29) is 11.4 Å². The van der Waals surface area contributed by atoms with Crippen LogP contribution in [0.1, 0.15) is 22.6 Å². The predicted octanol–water partition coefficient (Wildman–Crippen LogP) is 0.723. The van der Waals surface area contributed by atoms with E-state index in [0.717, 1.165) is 49.9 Å². The van der Waals surface area contributed by atoms with Gasteiger partial charge >= 0.3 is 0 Å². The summed E-state index contributed by atoms with van der Waals surface area (Å²) in [7, 11) is 0. The summed E-state index contributed by atoms with van der Waals surface area (Å²) >= 11 is 1.96. The van der Waals surface area contributed by atoms with E-state index < -0.39 is 0 Å². The van der Waals surface area contributed by atoms with Crippen LogP contribution in [-0.2, 0) is 4.74 Å². The molecule has 3 heterocycles. The lowest BCUT2D eigenvalue weighted by atomic mass is 9.95. The van der Waals surface area contributed by atoms with Crippen LogP contribution in [0, 0.1) is 6.92 Å². The second kappa shape index (κ2) is 6.93. The topological polar surface area (TPSA) is 67.4 Å². The molecule has 2 aliphatic rings. The summed E-state index contributed by atoms with van der Waals surface area (Å²) < 4.78 is 5.46. The molecule has 2 aliphatic heterocycles. The van der Waals surface area contributed by atoms with Crippen molar-refractivity contribution in [3.05, 3.63) is 23.8 Å². The number of thioether (sulfide) groups is 1. The van der Waals surface area contributed by atoms with Crippen molar-refractivity contribution in [3.63, 3.8) is 0 Å². The monoisotopic (exact) mass is 322 g/mol. The Hall–Kier alpha value is -1.18. The van der Waals surface area contributed by atoms with Gasteiger partial charge in [-0.15, -0.1) is 0 Å². The maximum Gasteiger partial charge on any atom is 0.271 e. The molecule has 2 fully saturated rings. The number of amides is 1. The van der Waals surface area contributed by atoms with Crippen molar-refractivity contribution >= 4 is 17.7 Å². The molecule has 1 aromatic rings. The molecule has 1 N–H and O–H groups in total. The Balaban J connectivity index is 1.64. The van der Waals surface area contributed by atoms with E-state index in [4.69, 9.17) is 4.74 Å². The summed E-state index contributed by atoms with van der Waals surface area (Å²) in [6.07, 6.45) is 4.27. The summed E-state index contributed by atoms with van der Waals surface area (Å²) in [5.74, 6) is 2.07. The van der Waals surface area contributed by atoms with E-state index >= 15 is 0 Å². The number of carbonyl (C=O) groups is 1. The predicted molar refractivity (Wildman–Crippen MR) is 86.2 cm³/mol. The van der Waals surface area contributed by atoms with Crippen molar-refractivity contribution in [3.8, 4) is 0 Å². The van der Waals surface area contributed by atoms with Gasteiger partial charge in [0.05, 0.1) is 25.1 Å². The third-order valence-electron chi connectivity index (χ3n) is 4.36. The van der Waals surface area contributed by atoms with Gasteiger partial charge in [-0.25, -0.2) is 4.98 Å². The van der Waals surface area contributed by atoms with Gasteiger partial charge in [0.25, 0.3) is 5.91 Å². The molecule has 0 spiro atoms. The number of hydrogen-bond donors (Lipinski definition) is 1. The Morgan fingerprint density at radius 3 is 2.86 bits per heavy atom. The van der Waals surface area contributed by atoms with Crippen LogP contribution < -0.4 is 5.32 Å². The van der Waals surface area contributed by atoms with E-state index in [0.29, 0.717) is 12.2 Å². The first kappa shape index (κ1) is 15.7. The SMILES string of the molecule is Cc1cnc(C(=O)NC[C@]2(N3CCOCC3)CCSC2)cn1. The minimum atomic E-state index is -0.142. The molecule has 1 aromatic heterocycles. The lowest BCUT2D eigenvalue weighted by molar-refractivity contribution is -0.0129. The zero-order valence-electron chi connectivity index (χ0n) is 12.9. The molecule has 0 bridgehead atoms. The fourth-order valence-corrected chi connectivity index (χ4v) is 4.46. The highest BCUT2D eigenvalue weighted by Crippen LogP contribution is 2.33. The van der Waals surface area contributed by atoms with E-state index in [9.17, 15) is 4.79 Å². The van der Waals surface area contributed by atoms with Gasteiger partial charge in [0, 0.05) is 37.1 Å². The number of rotatable bonds is 4. The highest BCUT2D eigenvalue weighted by molar-refractivity contribution is 7.99. The minimum absolute atomic E-state index is 0.0578. The van der Waals surface area contributed by atoms with Gasteiger partial charge in [0.2, 0.25) is 0 Å². The number of aryl methyl sites for hydroxylation is 1. The molecule has 3 rings (SSSR count). The molecule has 0 saturated carbocycles. The lowest BCUT2D eigenvalue weighted by Crippen LogP contribution is -2.59. The first-order chi connectivity index (χ1) is 10.7. The van der Waals surface area contributed by atoms with E-state index in [1.54, 1.807) is 6.20 Å². The van der Waals surface area contributed by atoms with Crippen molar-refractivity contribution in [1.82, 2.24) is 20.2 Å². The summed E-state index contributed by atoms with van der Waals surface area (Å²) in [4.78, 5) is 23.0. The number of ether oxygens (including phenoxy) is 1. The Kier molecular flexibility index (Phi) is 4.95. The molecule has 0 aliphatic carbocycles. The second-order valence-corrected chi connectivity index (χ2v) is 6.96. The summed E-state index contributed by atoms with van der Waals surface area (Å²) in [6.45, 7) is 5.97. The summed E-state index contributed by atoms with van der Waals surface area (Å²) in [5.41, 5.74) is 1.25. The Bertz CT molecular complexity index is 511. The van der Waals surface area contributed by atoms with Crippen LogP contribution in [0.4, 0.5) is 0 Å². The number of carbonyl (C=O) groups excluding carboxylic acids is 1. The first-order valence-electron chi connectivity index (χ1n) is 7.67. The van der Waals surface area contributed by atoms with Crippen molar-refractivity contribution < 1.29 is 9.53 Å². The molecular formula is C15H22N4O2S. The van der Waals surface area contributed by atoms with Crippen LogP contribution in [0.25, 0.3) is 0 Å². The van der Waals surface area contributed by atoms with E-state index in [1.807, 2.05) is 18.7 Å². The first-order valence-corrected chi connectivity index (χ1v) is 8.82. The maximum absolute atomic E-state index is 12.3. The average molecular weight is 322 g/mol. The van der Waals surface area contributed by atoms with Crippen LogP contribution in [0.5, 0.6) is 0 Å². The van der Waals surface area contributed by atoms with Gasteiger partial charge in [0.15, 0.2) is 0 Å². The Morgan fingerprint density at radius 2 is 2.23 bits per heavy atom. The minimum Gasteiger partial charge on any atom is -0.379 e. The average Bonchev–Trinajstić information content (AvgIpc) is 3.04. The molecule has 1 atom stereocenters. The van der Waals surface area contributed by atoms with Gasteiger partial charge < -0.3 is 10.1 Å². The standard InChI is InChI=1S/C15H22N4O2S/c1-12-8-17-13(9-16-12)14(20)18-10-15(2-7-22-11-15)19-3-5-21-6-4-19/h8-9H,2-7,10-11H2,1H3,(H,18,20)/t15-/m1/s1. The molecule has 0 aromatic carbocycles. The quantitative estimate of drug-likeness (QED) is 0.881. The molecule has 1 amide bonds. The largest absolute Gasteiger partial charge is 0.379 e. The van der Waals surface area contributed by atoms with Gasteiger partial charge in [0.1, 0.15) is 5.69 Å². The van der Waals surface area contributed by atoms with Crippen molar-refractivity contribution in [2.75, 3.05) is 44.4 Å². The number of nitrogens with zero attached hydrogens (tertiary/aromatic N) is 3. The molecule has 0 radical (unpaired) electrons. The third-order valence-corrected chi connectivity index (χ3v) is 5.59. The highest BCUT2D eigenvalue weighted by Gasteiger charge is 2.40. The van der Waals surface area contributed by atoms with Crippen LogP contribution >= 0.6 is 11.8 Å². The maximum atomic E-state index is 12.3. The van der Waals surface area contributed by atoms with Gasteiger partial charge in [-0.3, -0.25) is 14.7 Å². The zero-order valence-corrected chi connectivity index (χ0v) is 13.7. The van der Waals surface area contributed by atoms with Gasteiger partial charge in [-0.1, -0.05) is 0 Å². The molecule has 22 heavy (non-hydrogen) atoms. The van der Waals surface area contributed by atoms with Crippen LogP contribution in [0.3, 0.4) is 0 Å².